The summed E-state index contributed by atoms with van der Waals surface area (Å²) in [6.07, 6.45) is 5.78. The van der Waals surface area contributed by atoms with E-state index in [-0.39, 0.29) is 24.2 Å². The van der Waals surface area contributed by atoms with Crippen molar-refractivity contribution in [1.29, 1.82) is 0 Å². The van der Waals surface area contributed by atoms with Gasteiger partial charge in [0.2, 0.25) is 5.91 Å². The van der Waals surface area contributed by atoms with Gasteiger partial charge in [0.25, 0.3) is 5.91 Å². The van der Waals surface area contributed by atoms with Gasteiger partial charge < -0.3 is 21.0 Å². The second-order valence-corrected chi connectivity index (χ2v) is 6.63. The molecule has 2 aromatic heterocycles. The molecule has 9 heteroatoms. The molecule has 6 N–H and O–H groups in total. The second kappa shape index (κ2) is 10.1. The van der Waals surface area contributed by atoms with Gasteiger partial charge in [-0.2, -0.15) is 0 Å². The summed E-state index contributed by atoms with van der Waals surface area (Å²) in [7, 11) is 0. The monoisotopic (exact) mass is 395 g/mol. The summed E-state index contributed by atoms with van der Waals surface area (Å²) in [5.41, 5.74) is 8.18. The van der Waals surface area contributed by atoms with E-state index in [4.69, 9.17) is 5.73 Å². The molecule has 1 aromatic carbocycles. The highest BCUT2D eigenvalue weighted by Crippen LogP contribution is 2.14. The largest absolute Gasteiger partial charge is 0.370 e. The van der Waals surface area contributed by atoms with Crippen LogP contribution >= 0.6 is 0 Å². The van der Waals surface area contributed by atoms with Crippen LogP contribution in [0, 0.1) is 0 Å². The number of H-pyrrole nitrogens is 2. The predicted octanol–water partition coefficient (Wildman–Crippen LogP) is 1.46. The van der Waals surface area contributed by atoms with Gasteiger partial charge in [-0.25, -0.2) is 4.98 Å². The fraction of sp³-hybridized carbons (Fsp3) is 0.300. The standard InChI is InChI=1S/C20H25N7O2/c21-20(24-10-3-6-15-12-22-13-25-15)27-18(28)8-4-9-23-19(29)17-11-14-5-1-2-7-16(14)26-17/h1-2,5,7,11-13,26H,3-4,6,8-10H2,(H,22,25)(H,23,29)(H3,21,24,27,28). The number of guanidine groups is 1. The Morgan fingerprint density at radius 1 is 1.21 bits per heavy atom. The van der Waals surface area contributed by atoms with E-state index in [0.29, 0.717) is 25.2 Å². The van der Waals surface area contributed by atoms with Crippen molar-refractivity contribution >= 4 is 28.7 Å². The molecule has 0 unspecified atom stereocenters. The number of amides is 2. The third-order valence-electron chi connectivity index (χ3n) is 4.35. The first-order chi connectivity index (χ1) is 14.1. The number of carbonyl (C=O) groups excluding carboxylic acids is 2. The van der Waals surface area contributed by atoms with E-state index >= 15 is 0 Å². The van der Waals surface area contributed by atoms with Crippen molar-refractivity contribution in [2.45, 2.75) is 25.7 Å². The predicted molar refractivity (Wildman–Crippen MR) is 111 cm³/mol. The SMILES string of the molecule is NC(=NCCCc1cnc[nH]1)NC(=O)CCCNC(=O)c1cc2ccccc2[nH]1. The number of nitrogens with zero attached hydrogens (tertiary/aromatic N) is 2. The molecule has 152 valence electrons. The topological polar surface area (TPSA) is 141 Å². The zero-order valence-corrected chi connectivity index (χ0v) is 16.1. The van der Waals surface area contributed by atoms with Gasteiger partial charge >= 0.3 is 0 Å². The van der Waals surface area contributed by atoms with Crippen LogP contribution in [0.25, 0.3) is 10.9 Å². The van der Waals surface area contributed by atoms with Gasteiger partial charge in [0.1, 0.15) is 5.69 Å². The molecule has 0 aliphatic carbocycles. The lowest BCUT2D eigenvalue weighted by atomic mass is 10.2. The molecule has 0 saturated heterocycles. The van der Waals surface area contributed by atoms with Crippen LogP contribution in [-0.4, -0.2) is 45.8 Å². The first kappa shape index (κ1) is 20.1. The van der Waals surface area contributed by atoms with E-state index in [1.807, 2.05) is 24.3 Å². The number of carbonyl (C=O) groups is 2. The molecule has 0 atom stereocenters. The zero-order chi connectivity index (χ0) is 20.5. The van der Waals surface area contributed by atoms with Gasteiger partial charge in [0.15, 0.2) is 5.96 Å². The Bertz CT molecular complexity index is 943. The highest BCUT2D eigenvalue weighted by molar-refractivity contribution is 5.98. The lowest BCUT2D eigenvalue weighted by Gasteiger charge is -2.06. The van der Waals surface area contributed by atoms with E-state index in [0.717, 1.165) is 29.4 Å². The number of nitrogens with one attached hydrogen (secondary N) is 4. The number of hydrogen-bond acceptors (Lipinski definition) is 4. The molecule has 2 heterocycles. The average molecular weight is 395 g/mol. The Hall–Kier alpha value is -3.62. The Morgan fingerprint density at radius 3 is 2.86 bits per heavy atom. The number of imidazole rings is 1. The average Bonchev–Trinajstić information content (AvgIpc) is 3.38. The Labute approximate surface area is 168 Å². The number of fused-ring (bicyclic) bond motifs is 1. The molecular weight excluding hydrogens is 370 g/mol. The summed E-state index contributed by atoms with van der Waals surface area (Å²) in [4.78, 5) is 38.3. The van der Waals surface area contributed by atoms with Crippen molar-refractivity contribution in [2.75, 3.05) is 13.1 Å². The van der Waals surface area contributed by atoms with Crippen molar-refractivity contribution in [3.05, 3.63) is 54.2 Å². The van der Waals surface area contributed by atoms with Gasteiger partial charge in [-0.3, -0.25) is 19.9 Å². The molecular formula is C20H25N7O2. The first-order valence-corrected chi connectivity index (χ1v) is 9.55. The van der Waals surface area contributed by atoms with Crippen LogP contribution in [-0.2, 0) is 11.2 Å². The van der Waals surface area contributed by atoms with Crippen LogP contribution in [0.2, 0.25) is 0 Å². The smallest absolute Gasteiger partial charge is 0.267 e. The Balaban J connectivity index is 1.30. The molecule has 2 amide bonds. The summed E-state index contributed by atoms with van der Waals surface area (Å²) < 4.78 is 0. The summed E-state index contributed by atoms with van der Waals surface area (Å²) in [5, 5.41) is 6.35. The number of aromatic nitrogens is 3. The maximum Gasteiger partial charge on any atom is 0.267 e. The summed E-state index contributed by atoms with van der Waals surface area (Å²) in [6.45, 7) is 0.911. The maximum atomic E-state index is 12.2. The third-order valence-corrected chi connectivity index (χ3v) is 4.35. The number of aryl methyl sites for hydroxylation is 1. The number of rotatable bonds is 9. The number of nitrogens with two attached hydrogens (primary N) is 1. The van der Waals surface area contributed by atoms with Gasteiger partial charge in [0.05, 0.1) is 6.33 Å². The van der Waals surface area contributed by atoms with Crippen LogP contribution in [0.5, 0.6) is 0 Å². The van der Waals surface area contributed by atoms with Crippen LogP contribution in [0.4, 0.5) is 0 Å². The maximum absolute atomic E-state index is 12.2. The molecule has 0 fully saturated rings. The number of aliphatic imine (C=N–C) groups is 1. The van der Waals surface area contributed by atoms with Crippen molar-refractivity contribution < 1.29 is 9.59 Å². The molecule has 0 aliphatic heterocycles. The molecule has 29 heavy (non-hydrogen) atoms. The minimum atomic E-state index is -0.223. The van der Waals surface area contributed by atoms with Crippen molar-refractivity contribution in [3.63, 3.8) is 0 Å². The molecule has 0 saturated carbocycles. The number of hydrogen-bond donors (Lipinski definition) is 5. The summed E-state index contributed by atoms with van der Waals surface area (Å²) in [6, 6.07) is 9.50. The zero-order valence-electron chi connectivity index (χ0n) is 16.1. The molecule has 3 aromatic rings. The highest BCUT2D eigenvalue weighted by atomic mass is 16.2. The number of aromatic amines is 2. The van der Waals surface area contributed by atoms with Gasteiger partial charge in [-0.1, -0.05) is 18.2 Å². The molecule has 3 rings (SSSR count). The van der Waals surface area contributed by atoms with Crippen LogP contribution < -0.4 is 16.4 Å². The highest BCUT2D eigenvalue weighted by Gasteiger charge is 2.09. The second-order valence-electron chi connectivity index (χ2n) is 6.63. The fourth-order valence-corrected chi connectivity index (χ4v) is 2.88. The van der Waals surface area contributed by atoms with E-state index in [2.05, 4.69) is 30.6 Å². The van der Waals surface area contributed by atoms with Crippen molar-refractivity contribution in [3.8, 4) is 0 Å². The Morgan fingerprint density at radius 2 is 2.07 bits per heavy atom. The first-order valence-electron chi connectivity index (χ1n) is 9.55. The molecule has 9 nitrogen and oxygen atoms in total. The van der Waals surface area contributed by atoms with Gasteiger partial charge in [-0.05, 0) is 31.4 Å². The quantitative estimate of drug-likeness (QED) is 0.212. The fourth-order valence-electron chi connectivity index (χ4n) is 2.88. The van der Waals surface area contributed by atoms with Crippen LogP contribution in [0.3, 0.4) is 0 Å². The Kier molecular flexibility index (Phi) is 6.99. The lowest BCUT2D eigenvalue weighted by Crippen LogP contribution is -2.37. The lowest BCUT2D eigenvalue weighted by molar-refractivity contribution is -0.119. The minimum Gasteiger partial charge on any atom is -0.370 e. The number of benzene rings is 1. The van der Waals surface area contributed by atoms with Crippen LogP contribution in [0.15, 0.2) is 47.8 Å². The van der Waals surface area contributed by atoms with Crippen LogP contribution in [0.1, 0.15) is 35.4 Å². The molecule has 0 bridgehead atoms. The van der Waals surface area contributed by atoms with Gasteiger partial charge in [-0.15, -0.1) is 0 Å². The van der Waals surface area contributed by atoms with E-state index in [1.54, 1.807) is 18.6 Å². The third kappa shape index (κ3) is 6.20. The van der Waals surface area contributed by atoms with E-state index in [9.17, 15) is 9.59 Å². The van der Waals surface area contributed by atoms with Crippen molar-refractivity contribution in [2.24, 2.45) is 10.7 Å². The molecule has 0 spiro atoms. The minimum absolute atomic E-state index is 0.113. The normalized spacial score (nSPS) is 11.5. The van der Waals surface area contributed by atoms with Crippen molar-refractivity contribution in [1.82, 2.24) is 25.6 Å². The molecule has 0 aliphatic rings. The van der Waals surface area contributed by atoms with Gasteiger partial charge in [0, 0.05) is 42.3 Å². The van der Waals surface area contributed by atoms with E-state index in [1.165, 1.54) is 0 Å². The summed E-state index contributed by atoms with van der Waals surface area (Å²) in [5.74, 6) is -0.304. The van der Waals surface area contributed by atoms with E-state index < -0.39 is 0 Å². The number of para-hydroxylation sites is 1. The summed E-state index contributed by atoms with van der Waals surface area (Å²) >= 11 is 0. The molecule has 0 radical (unpaired) electrons.